The van der Waals surface area contributed by atoms with E-state index >= 15 is 0 Å². The molecule has 88 valence electrons. The van der Waals surface area contributed by atoms with Gasteiger partial charge in [-0.05, 0) is 31.5 Å². The molecule has 3 nitrogen and oxygen atoms in total. The van der Waals surface area contributed by atoms with Crippen LogP contribution in [0.5, 0.6) is 0 Å². The van der Waals surface area contributed by atoms with Gasteiger partial charge < -0.3 is 4.74 Å². The first kappa shape index (κ1) is 12.8. The highest BCUT2D eigenvalue weighted by Gasteiger charge is 2.19. The molecule has 0 aromatic carbocycles. The van der Waals surface area contributed by atoms with Crippen LogP contribution in [0.1, 0.15) is 32.8 Å². The molecule has 0 amide bonds. The molecule has 1 atom stereocenters. The fourth-order valence-electron chi connectivity index (χ4n) is 1.53. The van der Waals surface area contributed by atoms with E-state index in [1.807, 2.05) is 32.9 Å². The first-order valence-electron chi connectivity index (χ1n) is 5.70. The van der Waals surface area contributed by atoms with Crippen molar-refractivity contribution in [1.82, 2.24) is 4.98 Å². The first-order valence-corrected chi connectivity index (χ1v) is 5.70. The van der Waals surface area contributed by atoms with Gasteiger partial charge in [-0.25, -0.2) is 0 Å². The van der Waals surface area contributed by atoms with Crippen LogP contribution in [0, 0.1) is 0 Å². The first-order chi connectivity index (χ1) is 7.63. The fourth-order valence-corrected chi connectivity index (χ4v) is 1.53. The van der Waals surface area contributed by atoms with Crippen molar-refractivity contribution in [2.24, 2.45) is 0 Å². The van der Waals surface area contributed by atoms with Crippen molar-refractivity contribution < 1.29 is 9.53 Å². The number of nitrogens with zero attached hydrogens (tertiary/aromatic N) is 1. The Balaban J connectivity index is 2.67. The molecule has 1 unspecified atom stereocenters. The number of Topliss-reactive ketones (excluding diaryl/α,β-unsaturated/α-hetero) is 1. The molecular weight excluding hydrogens is 202 g/mol. The zero-order valence-electron chi connectivity index (χ0n) is 10.1. The smallest absolute Gasteiger partial charge is 0.161 e. The molecule has 1 rings (SSSR count). The third-order valence-electron chi connectivity index (χ3n) is 2.31. The van der Waals surface area contributed by atoms with E-state index < -0.39 is 0 Å². The summed E-state index contributed by atoms with van der Waals surface area (Å²) in [6.07, 6.45) is 4.36. The molecule has 0 fully saturated rings. The van der Waals surface area contributed by atoms with Gasteiger partial charge in [-0.15, -0.1) is 0 Å². The number of pyridine rings is 1. The molecule has 0 N–H and O–H groups in total. The van der Waals surface area contributed by atoms with Crippen LogP contribution in [0.25, 0.3) is 0 Å². The van der Waals surface area contributed by atoms with Gasteiger partial charge in [0.15, 0.2) is 5.78 Å². The second-order valence-electron chi connectivity index (χ2n) is 4.05. The number of hydrogen-bond acceptors (Lipinski definition) is 3. The molecule has 1 aromatic heterocycles. The lowest BCUT2D eigenvalue weighted by Gasteiger charge is -2.18. The van der Waals surface area contributed by atoms with Crippen LogP contribution in [0.15, 0.2) is 24.5 Å². The summed E-state index contributed by atoms with van der Waals surface area (Å²) in [6, 6.07) is 3.83. The molecular formula is C13H19NO2. The average Bonchev–Trinajstić information content (AvgIpc) is 2.28. The predicted molar refractivity (Wildman–Crippen MR) is 63.2 cm³/mol. The van der Waals surface area contributed by atoms with Crippen LogP contribution < -0.4 is 0 Å². The van der Waals surface area contributed by atoms with E-state index in [1.165, 1.54) is 0 Å². The minimum Gasteiger partial charge on any atom is -0.367 e. The monoisotopic (exact) mass is 221 g/mol. The Morgan fingerprint density at radius 3 is 2.50 bits per heavy atom. The van der Waals surface area contributed by atoms with Gasteiger partial charge in [-0.3, -0.25) is 9.78 Å². The third-order valence-corrected chi connectivity index (χ3v) is 2.31. The molecule has 0 spiro atoms. The summed E-state index contributed by atoms with van der Waals surface area (Å²) in [5.41, 5.74) is 1.09. The summed E-state index contributed by atoms with van der Waals surface area (Å²) in [6.45, 7) is 5.76. The van der Waals surface area contributed by atoms with Crippen LogP contribution in [-0.2, 0) is 16.0 Å². The van der Waals surface area contributed by atoms with Crippen molar-refractivity contribution in [3.63, 3.8) is 0 Å². The molecule has 0 aliphatic heterocycles. The fraction of sp³-hybridized carbons (Fsp3) is 0.538. The number of carbonyl (C=O) groups excluding carboxylic acids is 1. The van der Waals surface area contributed by atoms with E-state index in [9.17, 15) is 4.79 Å². The summed E-state index contributed by atoms with van der Waals surface area (Å²) < 4.78 is 5.64. The van der Waals surface area contributed by atoms with Gasteiger partial charge in [0.05, 0.1) is 6.10 Å². The summed E-state index contributed by atoms with van der Waals surface area (Å²) in [4.78, 5) is 15.7. The Hall–Kier alpha value is -1.22. The van der Waals surface area contributed by atoms with E-state index in [0.717, 1.165) is 5.56 Å². The van der Waals surface area contributed by atoms with Gasteiger partial charge in [-0.1, -0.05) is 6.92 Å². The number of aromatic nitrogens is 1. The Morgan fingerprint density at radius 1 is 1.38 bits per heavy atom. The van der Waals surface area contributed by atoms with E-state index in [4.69, 9.17) is 4.74 Å². The van der Waals surface area contributed by atoms with Crippen LogP contribution >= 0.6 is 0 Å². The number of ketones is 1. The summed E-state index contributed by atoms with van der Waals surface area (Å²) in [5, 5.41) is 0. The minimum absolute atomic E-state index is 0.0716. The van der Waals surface area contributed by atoms with Crippen LogP contribution in [0.4, 0.5) is 0 Å². The molecule has 3 heteroatoms. The van der Waals surface area contributed by atoms with Gasteiger partial charge in [0.2, 0.25) is 0 Å². The quantitative estimate of drug-likeness (QED) is 0.740. The maximum absolute atomic E-state index is 11.7. The predicted octanol–water partition coefficient (Wildman–Crippen LogP) is 2.40. The zero-order valence-corrected chi connectivity index (χ0v) is 10.1. The Labute approximate surface area is 96.8 Å². The second-order valence-corrected chi connectivity index (χ2v) is 4.05. The number of rotatable bonds is 6. The Bertz CT molecular complexity index is 322. The highest BCUT2D eigenvalue weighted by Crippen LogP contribution is 2.10. The molecule has 0 saturated carbocycles. The standard InChI is InChI=1S/C13H19NO2/c1-4-12(15)13(16-10(2)3)9-11-5-7-14-8-6-11/h5-8,10,13H,4,9H2,1-3H3. The lowest BCUT2D eigenvalue weighted by molar-refractivity contribution is -0.132. The maximum atomic E-state index is 11.7. The van der Waals surface area contributed by atoms with Crippen molar-refractivity contribution in [2.75, 3.05) is 0 Å². The topological polar surface area (TPSA) is 39.2 Å². The van der Waals surface area contributed by atoms with E-state index in [1.54, 1.807) is 12.4 Å². The van der Waals surface area contributed by atoms with Gasteiger partial charge in [0, 0.05) is 25.2 Å². The van der Waals surface area contributed by atoms with Gasteiger partial charge >= 0.3 is 0 Å². The number of ether oxygens (including phenoxy) is 1. The van der Waals surface area contributed by atoms with Crippen molar-refractivity contribution >= 4 is 5.78 Å². The zero-order chi connectivity index (χ0) is 12.0. The normalized spacial score (nSPS) is 12.8. The molecule has 0 radical (unpaired) electrons. The molecule has 1 aromatic rings. The lowest BCUT2D eigenvalue weighted by Crippen LogP contribution is -2.29. The highest BCUT2D eigenvalue weighted by molar-refractivity contribution is 5.83. The van der Waals surface area contributed by atoms with Crippen molar-refractivity contribution in [3.05, 3.63) is 30.1 Å². The summed E-state index contributed by atoms with van der Waals surface area (Å²) in [7, 11) is 0. The largest absolute Gasteiger partial charge is 0.367 e. The average molecular weight is 221 g/mol. The van der Waals surface area contributed by atoms with E-state index in [-0.39, 0.29) is 18.0 Å². The third kappa shape index (κ3) is 4.11. The maximum Gasteiger partial charge on any atom is 0.161 e. The van der Waals surface area contributed by atoms with Gasteiger partial charge in [-0.2, -0.15) is 0 Å². The molecule has 16 heavy (non-hydrogen) atoms. The Kier molecular flexibility index (Phi) is 5.12. The van der Waals surface area contributed by atoms with Crippen LogP contribution in [0.3, 0.4) is 0 Å². The van der Waals surface area contributed by atoms with Crippen molar-refractivity contribution in [2.45, 2.75) is 45.8 Å². The van der Waals surface area contributed by atoms with Gasteiger partial charge in [0.1, 0.15) is 6.10 Å². The molecule has 0 aliphatic rings. The van der Waals surface area contributed by atoms with E-state index in [0.29, 0.717) is 12.8 Å². The lowest BCUT2D eigenvalue weighted by atomic mass is 10.0. The molecule has 0 bridgehead atoms. The van der Waals surface area contributed by atoms with E-state index in [2.05, 4.69) is 4.98 Å². The molecule has 0 saturated heterocycles. The highest BCUT2D eigenvalue weighted by atomic mass is 16.5. The second kappa shape index (κ2) is 6.38. The molecule has 1 heterocycles. The minimum atomic E-state index is -0.326. The van der Waals surface area contributed by atoms with Crippen molar-refractivity contribution in [3.8, 4) is 0 Å². The van der Waals surface area contributed by atoms with Gasteiger partial charge in [0.25, 0.3) is 0 Å². The Morgan fingerprint density at radius 2 is 2.00 bits per heavy atom. The van der Waals surface area contributed by atoms with Crippen molar-refractivity contribution in [1.29, 1.82) is 0 Å². The van der Waals surface area contributed by atoms with Crippen LogP contribution in [0.2, 0.25) is 0 Å². The molecule has 0 aliphatic carbocycles. The summed E-state index contributed by atoms with van der Waals surface area (Å²) >= 11 is 0. The SMILES string of the molecule is CCC(=O)C(Cc1ccncc1)OC(C)C. The number of carbonyl (C=O) groups is 1. The summed E-state index contributed by atoms with van der Waals surface area (Å²) in [5.74, 6) is 0.158. The number of hydrogen-bond donors (Lipinski definition) is 0. The van der Waals surface area contributed by atoms with Crippen LogP contribution in [-0.4, -0.2) is 23.0 Å².